The Bertz CT molecular complexity index is 1120. The number of hydrogen-bond donors (Lipinski definition) is 2. The number of nitrogens with zero attached hydrogens (tertiary/aromatic N) is 5. The number of benzene rings is 1. The van der Waals surface area contributed by atoms with Crippen molar-refractivity contribution in [1.29, 1.82) is 0 Å². The van der Waals surface area contributed by atoms with Crippen molar-refractivity contribution < 1.29 is 9.32 Å². The van der Waals surface area contributed by atoms with Gasteiger partial charge in [0, 0.05) is 6.42 Å². The van der Waals surface area contributed by atoms with Crippen LogP contribution in [0.1, 0.15) is 53.6 Å². The van der Waals surface area contributed by atoms with Crippen molar-refractivity contribution in [2.45, 2.75) is 39.8 Å². The van der Waals surface area contributed by atoms with Crippen molar-refractivity contribution in [2.24, 2.45) is 0 Å². The molecule has 0 aliphatic heterocycles. The average molecular weight is 379 g/mol. The van der Waals surface area contributed by atoms with Gasteiger partial charge < -0.3 is 14.4 Å². The molecular weight excluding hydrogens is 358 g/mol. The molecule has 1 atom stereocenters. The van der Waals surface area contributed by atoms with E-state index in [0.717, 1.165) is 22.6 Å². The number of aromatic amines is 1. The second-order valence-electron chi connectivity index (χ2n) is 6.61. The van der Waals surface area contributed by atoms with Crippen molar-refractivity contribution in [1.82, 2.24) is 35.2 Å². The first-order valence-electron chi connectivity index (χ1n) is 9.14. The molecule has 0 spiro atoms. The van der Waals surface area contributed by atoms with Crippen molar-refractivity contribution >= 4 is 16.9 Å². The smallest absolute Gasteiger partial charge is 0.272 e. The van der Waals surface area contributed by atoms with Gasteiger partial charge in [0.2, 0.25) is 5.89 Å². The molecule has 0 fully saturated rings. The van der Waals surface area contributed by atoms with Crippen LogP contribution in [0.25, 0.3) is 11.0 Å². The first-order chi connectivity index (χ1) is 13.5. The minimum atomic E-state index is -0.403. The van der Waals surface area contributed by atoms with Crippen molar-refractivity contribution in [3.63, 3.8) is 0 Å². The summed E-state index contributed by atoms with van der Waals surface area (Å²) in [5, 5.41) is 13.7. The van der Waals surface area contributed by atoms with Gasteiger partial charge in [-0.15, -0.1) is 0 Å². The summed E-state index contributed by atoms with van der Waals surface area (Å²) in [4.78, 5) is 21.3. The molecule has 4 rings (SSSR count). The maximum atomic E-state index is 12.5. The number of aryl methyl sites for hydroxylation is 2. The van der Waals surface area contributed by atoms with Gasteiger partial charge in [-0.2, -0.15) is 10.1 Å². The van der Waals surface area contributed by atoms with E-state index in [-0.39, 0.29) is 5.91 Å². The van der Waals surface area contributed by atoms with E-state index in [2.05, 4.69) is 35.2 Å². The Morgan fingerprint density at radius 1 is 1.32 bits per heavy atom. The Morgan fingerprint density at radius 2 is 2.14 bits per heavy atom. The number of carbonyl (C=O) groups is 1. The molecule has 4 aromatic rings. The lowest BCUT2D eigenvalue weighted by Crippen LogP contribution is -2.27. The molecule has 1 aromatic carbocycles. The minimum absolute atomic E-state index is 0.305. The summed E-state index contributed by atoms with van der Waals surface area (Å²) in [5.41, 5.74) is 3.10. The van der Waals surface area contributed by atoms with E-state index >= 15 is 0 Å². The van der Waals surface area contributed by atoms with Crippen LogP contribution in [0.5, 0.6) is 0 Å². The lowest BCUT2D eigenvalue weighted by molar-refractivity contribution is 0.0927. The summed E-state index contributed by atoms with van der Waals surface area (Å²) < 4.78 is 7.25. The van der Waals surface area contributed by atoms with E-state index in [9.17, 15) is 4.79 Å². The third-order valence-corrected chi connectivity index (χ3v) is 4.56. The molecule has 144 valence electrons. The monoisotopic (exact) mass is 379 g/mol. The molecular formula is C19H21N7O2. The third kappa shape index (κ3) is 3.38. The summed E-state index contributed by atoms with van der Waals surface area (Å²) in [6.45, 7) is 6.24. The van der Waals surface area contributed by atoms with Gasteiger partial charge in [0.1, 0.15) is 17.6 Å². The molecule has 0 bridgehead atoms. The molecule has 0 radical (unpaired) electrons. The van der Waals surface area contributed by atoms with Gasteiger partial charge in [-0.05, 0) is 32.0 Å². The van der Waals surface area contributed by atoms with Crippen LogP contribution in [0.2, 0.25) is 0 Å². The minimum Gasteiger partial charge on any atom is -0.339 e. The fourth-order valence-electron chi connectivity index (χ4n) is 3.04. The van der Waals surface area contributed by atoms with Gasteiger partial charge in [-0.1, -0.05) is 24.2 Å². The zero-order valence-corrected chi connectivity index (χ0v) is 15.9. The number of hydrogen-bond acceptors (Lipinski definition) is 6. The molecule has 9 nitrogen and oxygen atoms in total. The molecule has 2 N–H and O–H groups in total. The predicted octanol–water partition coefficient (Wildman–Crippen LogP) is 2.55. The van der Waals surface area contributed by atoms with Crippen molar-refractivity contribution in [3.8, 4) is 0 Å². The van der Waals surface area contributed by atoms with Crippen LogP contribution in [0.15, 0.2) is 34.9 Å². The highest BCUT2D eigenvalue weighted by Gasteiger charge is 2.19. The predicted molar refractivity (Wildman–Crippen MR) is 102 cm³/mol. The maximum absolute atomic E-state index is 12.5. The number of amides is 1. The van der Waals surface area contributed by atoms with Gasteiger partial charge >= 0.3 is 0 Å². The van der Waals surface area contributed by atoms with Crippen LogP contribution < -0.4 is 5.32 Å². The summed E-state index contributed by atoms with van der Waals surface area (Å²) in [6.07, 6.45) is 0.676. The topological polar surface area (TPSA) is 115 Å². The lowest BCUT2D eigenvalue weighted by atomic mass is 10.2. The Kier molecular flexibility index (Phi) is 4.64. The number of rotatable bonds is 6. The fraction of sp³-hybridized carbons (Fsp3) is 0.316. The summed E-state index contributed by atoms with van der Waals surface area (Å²) in [7, 11) is 0. The number of H-pyrrole nitrogens is 1. The zero-order chi connectivity index (χ0) is 19.7. The van der Waals surface area contributed by atoms with E-state index in [4.69, 9.17) is 4.52 Å². The molecule has 0 unspecified atom stereocenters. The number of carbonyl (C=O) groups excluding carboxylic acids is 1. The second-order valence-corrected chi connectivity index (χ2v) is 6.61. The highest BCUT2D eigenvalue weighted by Crippen LogP contribution is 2.17. The lowest BCUT2D eigenvalue weighted by Gasteiger charge is -2.07. The number of nitrogens with one attached hydrogen (secondary N) is 2. The third-order valence-electron chi connectivity index (χ3n) is 4.56. The Hall–Kier alpha value is -3.49. The first-order valence-corrected chi connectivity index (χ1v) is 9.14. The molecule has 0 aliphatic rings. The molecule has 0 saturated heterocycles. The van der Waals surface area contributed by atoms with E-state index in [1.54, 1.807) is 13.0 Å². The van der Waals surface area contributed by atoms with Crippen LogP contribution in [-0.2, 0) is 13.0 Å². The zero-order valence-electron chi connectivity index (χ0n) is 15.9. The molecule has 0 saturated carbocycles. The summed E-state index contributed by atoms with van der Waals surface area (Å²) in [5.74, 6) is 1.58. The van der Waals surface area contributed by atoms with E-state index in [1.165, 1.54) is 0 Å². The average Bonchev–Trinajstić information content (AvgIpc) is 3.41. The Morgan fingerprint density at radius 3 is 2.93 bits per heavy atom. The van der Waals surface area contributed by atoms with Crippen LogP contribution in [0.3, 0.4) is 0 Å². The molecule has 1 amide bonds. The normalized spacial score (nSPS) is 12.4. The van der Waals surface area contributed by atoms with Gasteiger partial charge in [0.25, 0.3) is 5.91 Å². The quantitative estimate of drug-likeness (QED) is 0.532. The van der Waals surface area contributed by atoms with Crippen LogP contribution in [0.4, 0.5) is 0 Å². The van der Waals surface area contributed by atoms with Crippen molar-refractivity contribution in [2.75, 3.05) is 0 Å². The van der Waals surface area contributed by atoms with Crippen LogP contribution in [-0.4, -0.2) is 35.8 Å². The van der Waals surface area contributed by atoms with Gasteiger partial charge in [-0.3, -0.25) is 9.89 Å². The second kappa shape index (κ2) is 7.26. The number of aromatic nitrogens is 6. The number of imidazole rings is 1. The molecule has 0 aliphatic carbocycles. The van der Waals surface area contributed by atoms with E-state index in [0.29, 0.717) is 30.4 Å². The van der Waals surface area contributed by atoms with Crippen LogP contribution in [0, 0.1) is 6.92 Å². The van der Waals surface area contributed by atoms with Gasteiger partial charge in [0.05, 0.1) is 23.3 Å². The SMILES string of the molecule is CCc1noc([C@@H](C)NC(=O)c2cc(Cn3c(C)nc4ccccc43)[nH]n2)n1. The summed E-state index contributed by atoms with van der Waals surface area (Å²) >= 11 is 0. The largest absolute Gasteiger partial charge is 0.339 e. The Labute approximate surface area is 161 Å². The maximum Gasteiger partial charge on any atom is 0.272 e. The number of fused-ring (bicyclic) bond motifs is 1. The molecule has 9 heteroatoms. The highest BCUT2D eigenvalue weighted by molar-refractivity contribution is 5.92. The van der Waals surface area contributed by atoms with Crippen molar-refractivity contribution in [3.05, 3.63) is 59.3 Å². The molecule has 28 heavy (non-hydrogen) atoms. The van der Waals surface area contributed by atoms with Gasteiger partial charge in [-0.25, -0.2) is 4.98 Å². The van der Waals surface area contributed by atoms with Crippen LogP contribution >= 0.6 is 0 Å². The standard InChI is InChI=1S/C19H21N7O2/c1-4-17-22-19(28-25-17)11(2)20-18(27)15-9-13(23-24-15)10-26-12(3)21-14-7-5-6-8-16(14)26/h5-9,11H,4,10H2,1-3H3,(H,20,27)(H,23,24)/t11-/m1/s1. The Balaban J connectivity index is 1.47. The number of para-hydroxylation sites is 2. The fourth-order valence-corrected chi connectivity index (χ4v) is 3.04. The first kappa shape index (κ1) is 17.9. The molecule has 3 aromatic heterocycles. The summed E-state index contributed by atoms with van der Waals surface area (Å²) in [6, 6.07) is 9.28. The van der Waals surface area contributed by atoms with E-state index < -0.39 is 6.04 Å². The molecule has 3 heterocycles. The highest BCUT2D eigenvalue weighted by atomic mass is 16.5. The van der Waals surface area contributed by atoms with Gasteiger partial charge in [0.15, 0.2) is 5.82 Å². The van der Waals surface area contributed by atoms with E-state index in [1.807, 2.05) is 38.1 Å².